The summed E-state index contributed by atoms with van der Waals surface area (Å²) in [5.41, 5.74) is 3.73. The minimum Gasteiger partial charge on any atom is -0.361 e. The number of aryl methyl sites for hydroxylation is 1. The number of imidazole rings is 1. The predicted molar refractivity (Wildman–Crippen MR) is 107 cm³/mol. The molecule has 1 aromatic carbocycles. The van der Waals surface area contributed by atoms with Crippen LogP contribution in [0, 0.1) is 5.92 Å². The van der Waals surface area contributed by atoms with Crippen LogP contribution in [0.4, 0.5) is 0 Å². The van der Waals surface area contributed by atoms with E-state index in [0.29, 0.717) is 12.5 Å². The molecule has 0 saturated heterocycles. The Morgan fingerprint density at radius 2 is 1.93 bits per heavy atom. The Hall–Kier alpha value is -3.22. The second-order valence-corrected chi connectivity index (χ2v) is 7.22. The van der Waals surface area contributed by atoms with E-state index in [1.54, 1.807) is 6.33 Å². The van der Waals surface area contributed by atoms with Gasteiger partial charge in [-0.25, -0.2) is 14.6 Å². The minimum absolute atomic E-state index is 0.525. The molecule has 0 radical (unpaired) electrons. The molecule has 144 valence electrons. The number of rotatable bonds is 7. The molecule has 0 fully saturated rings. The van der Waals surface area contributed by atoms with Crippen LogP contribution in [-0.2, 0) is 19.5 Å². The zero-order valence-corrected chi connectivity index (χ0v) is 16.4. The first-order valence-corrected chi connectivity index (χ1v) is 9.59. The first kappa shape index (κ1) is 18.2. The smallest absolute Gasteiger partial charge is 0.177 e. The van der Waals surface area contributed by atoms with Gasteiger partial charge in [0.2, 0.25) is 0 Å². The maximum atomic E-state index is 5.50. The molecule has 3 heterocycles. The third kappa shape index (κ3) is 3.60. The van der Waals surface area contributed by atoms with Crippen LogP contribution in [-0.4, -0.2) is 29.5 Å². The molecule has 7 heteroatoms. The van der Waals surface area contributed by atoms with Gasteiger partial charge in [0.25, 0.3) is 0 Å². The van der Waals surface area contributed by atoms with Crippen LogP contribution in [0.1, 0.15) is 32.2 Å². The van der Waals surface area contributed by atoms with Gasteiger partial charge in [0.15, 0.2) is 5.82 Å². The third-order valence-corrected chi connectivity index (χ3v) is 4.56. The Balaban J connectivity index is 1.75. The van der Waals surface area contributed by atoms with Crippen molar-refractivity contribution < 1.29 is 4.52 Å². The van der Waals surface area contributed by atoms with Crippen LogP contribution >= 0.6 is 0 Å². The first-order valence-electron chi connectivity index (χ1n) is 9.59. The molecule has 0 spiro atoms. The Kier molecular flexibility index (Phi) is 5.06. The number of nitrogens with zero attached hydrogens (tertiary/aromatic N) is 6. The van der Waals surface area contributed by atoms with Crippen molar-refractivity contribution in [1.82, 2.24) is 29.5 Å². The van der Waals surface area contributed by atoms with E-state index >= 15 is 0 Å². The molecule has 28 heavy (non-hydrogen) atoms. The average molecular weight is 376 g/mol. The molecule has 0 unspecified atom stereocenters. The monoisotopic (exact) mass is 376 g/mol. The molecule has 3 aromatic heterocycles. The SMILES string of the molecule is CCn1ncnc1-c1c(-c2ccccc2)ncn1Cc1cc(CC(C)C)on1. The lowest BCUT2D eigenvalue weighted by Gasteiger charge is -2.09. The lowest BCUT2D eigenvalue weighted by Crippen LogP contribution is -2.07. The molecule has 0 aliphatic carbocycles. The van der Waals surface area contributed by atoms with E-state index in [2.05, 4.69) is 52.7 Å². The molecule has 7 nitrogen and oxygen atoms in total. The van der Waals surface area contributed by atoms with Gasteiger partial charge in [-0.1, -0.05) is 49.3 Å². The van der Waals surface area contributed by atoms with Crippen LogP contribution in [0.3, 0.4) is 0 Å². The van der Waals surface area contributed by atoms with Crippen LogP contribution in [0.15, 0.2) is 53.6 Å². The topological polar surface area (TPSA) is 74.6 Å². The summed E-state index contributed by atoms with van der Waals surface area (Å²) in [6, 6.07) is 12.2. The Labute approximate surface area is 164 Å². The molecule has 0 aliphatic rings. The van der Waals surface area contributed by atoms with E-state index in [0.717, 1.165) is 47.2 Å². The van der Waals surface area contributed by atoms with Crippen molar-refractivity contribution in [2.24, 2.45) is 5.92 Å². The summed E-state index contributed by atoms with van der Waals surface area (Å²) in [5, 5.41) is 8.59. The minimum atomic E-state index is 0.525. The fourth-order valence-corrected chi connectivity index (χ4v) is 3.33. The highest BCUT2D eigenvalue weighted by Gasteiger charge is 2.20. The highest BCUT2D eigenvalue weighted by atomic mass is 16.5. The molecule has 4 rings (SSSR count). The maximum absolute atomic E-state index is 5.50. The molecule has 0 saturated carbocycles. The Morgan fingerprint density at radius 3 is 2.68 bits per heavy atom. The fraction of sp³-hybridized carbons (Fsp3) is 0.333. The van der Waals surface area contributed by atoms with Gasteiger partial charge >= 0.3 is 0 Å². The number of benzene rings is 1. The first-order chi connectivity index (χ1) is 13.7. The van der Waals surface area contributed by atoms with Gasteiger partial charge in [0, 0.05) is 24.6 Å². The quantitative estimate of drug-likeness (QED) is 0.486. The van der Waals surface area contributed by atoms with Gasteiger partial charge < -0.3 is 9.09 Å². The zero-order chi connectivity index (χ0) is 19.5. The lowest BCUT2D eigenvalue weighted by atomic mass is 10.1. The van der Waals surface area contributed by atoms with E-state index in [1.165, 1.54) is 0 Å². The van der Waals surface area contributed by atoms with Crippen LogP contribution < -0.4 is 0 Å². The summed E-state index contributed by atoms with van der Waals surface area (Å²) in [6.45, 7) is 7.68. The van der Waals surface area contributed by atoms with Crippen LogP contribution in [0.25, 0.3) is 22.8 Å². The summed E-state index contributed by atoms with van der Waals surface area (Å²) >= 11 is 0. The summed E-state index contributed by atoms with van der Waals surface area (Å²) in [7, 11) is 0. The lowest BCUT2D eigenvalue weighted by molar-refractivity contribution is 0.362. The molecular formula is C21H24N6O. The van der Waals surface area contributed by atoms with Gasteiger partial charge in [0.1, 0.15) is 23.5 Å². The summed E-state index contributed by atoms with van der Waals surface area (Å²) in [6.07, 6.45) is 4.30. The zero-order valence-electron chi connectivity index (χ0n) is 16.4. The maximum Gasteiger partial charge on any atom is 0.177 e. The number of aromatic nitrogens is 6. The largest absolute Gasteiger partial charge is 0.361 e. The number of hydrogen-bond donors (Lipinski definition) is 0. The molecular weight excluding hydrogens is 352 g/mol. The normalized spacial score (nSPS) is 11.4. The standard InChI is InChI=1S/C21H24N6O/c1-4-27-21(22-13-24-27)20-19(16-8-6-5-7-9-16)23-14-26(20)12-17-11-18(28-25-17)10-15(2)3/h5-9,11,13-15H,4,10,12H2,1-3H3. The highest BCUT2D eigenvalue weighted by molar-refractivity contribution is 5.75. The van der Waals surface area contributed by atoms with E-state index in [9.17, 15) is 0 Å². The van der Waals surface area contributed by atoms with Gasteiger partial charge in [-0.2, -0.15) is 5.10 Å². The van der Waals surface area contributed by atoms with Crippen molar-refractivity contribution in [3.63, 3.8) is 0 Å². The second kappa shape index (κ2) is 7.80. The van der Waals surface area contributed by atoms with Crippen molar-refractivity contribution in [1.29, 1.82) is 0 Å². The van der Waals surface area contributed by atoms with Crippen molar-refractivity contribution in [3.8, 4) is 22.8 Å². The van der Waals surface area contributed by atoms with E-state index in [-0.39, 0.29) is 0 Å². The van der Waals surface area contributed by atoms with Crippen molar-refractivity contribution >= 4 is 0 Å². The van der Waals surface area contributed by atoms with Crippen molar-refractivity contribution in [2.45, 2.75) is 40.3 Å². The summed E-state index contributed by atoms with van der Waals surface area (Å²) in [4.78, 5) is 9.20. The summed E-state index contributed by atoms with van der Waals surface area (Å²) < 4.78 is 9.44. The van der Waals surface area contributed by atoms with Crippen molar-refractivity contribution in [2.75, 3.05) is 0 Å². The van der Waals surface area contributed by atoms with E-state index < -0.39 is 0 Å². The number of hydrogen-bond acceptors (Lipinski definition) is 5. The molecule has 0 N–H and O–H groups in total. The van der Waals surface area contributed by atoms with Crippen LogP contribution in [0.2, 0.25) is 0 Å². The fourth-order valence-electron chi connectivity index (χ4n) is 3.33. The third-order valence-electron chi connectivity index (χ3n) is 4.56. The molecule has 4 aromatic rings. The Bertz CT molecular complexity index is 1040. The van der Waals surface area contributed by atoms with Crippen LogP contribution in [0.5, 0.6) is 0 Å². The molecule has 0 atom stereocenters. The van der Waals surface area contributed by atoms with E-state index in [4.69, 9.17) is 9.51 Å². The Morgan fingerprint density at radius 1 is 1.11 bits per heavy atom. The average Bonchev–Trinajstić information content (AvgIpc) is 3.41. The van der Waals surface area contributed by atoms with E-state index in [1.807, 2.05) is 35.3 Å². The highest BCUT2D eigenvalue weighted by Crippen LogP contribution is 2.30. The summed E-state index contributed by atoms with van der Waals surface area (Å²) in [5.74, 6) is 2.23. The van der Waals surface area contributed by atoms with Gasteiger partial charge in [-0.05, 0) is 12.8 Å². The second-order valence-electron chi connectivity index (χ2n) is 7.22. The molecule has 0 amide bonds. The molecule has 0 bridgehead atoms. The molecule has 0 aliphatic heterocycles. The predicted octanol–water partition coefficient (Wildman–Crippen LogP) is 4.06. The van der Waals surface area contributed by atoms with Crippen molar-refractivity contribution in [3.05, 3.63) is 60.5 Å². The van der Waals surface area contributed by atoms with Gasteiger partial charge in [-0.3, -0.25) is 0 Å². The van der Waals surface area contributed by atoms with Gasteiger partial charge in [0.05, 0.1) is 18.6 Å². The van der Waals surface area contributed by atoms with Gasteiger partial charge in [-0.15, -0.1) is 0 Å².